The number of rotatable bonds is 4. The molecule has 21 heavy (non-hydrogen) atoms. The highest BCUT2D eigenvalue weighted by Gasteiger charge is 2.26. The van der Waals surface area contributed by atoms with Gasteiger partial charge in [-0.05, 0) is 32.9 Å². The van der Waals surface area contributed by atoms with Crippen LogP contribution in [0.4, 0.5) is 13.6 Å². The van der Waals surface area contributed by atoms with Gasteiger partial charge in [0.05, 0.1) is 0 Å². The smallest absolute Gasteiger partial charge is 0.408 e. The van der Waals surface area contributed by atoms with Gasteiger partial charge in [0.15, 0.2) is 0 Å². The summed E-state index contributed by atoms with van der Waals surface area (Å²) in [6.07, 6.45) is -1.49. The molecule has 0 saturated heterocycles. The molecule has 1 amide bonds. The van der Waals surface area contributed by atoms with Crippen LogP contribution in [0.2, 0.25) is 0 Å². The van der Waals surface area contributed by atoms with Crippen LogP contribution in [0.1, 0.15) is 26.3 Å². The molecule has 7 heteroatoms. The topological polar surface area (TPSA) is 75.6 Å². The SMILES string of the molecule is CC(C)(C)OC(=O)N[C@@H](Cc1c(F)cccc1F)C(=O)O. The Hall–Kier alpha value is -2.18. The highest BCUT2D eigenvalue weighted by Crippen LogP contribution is 2.15. The zero-order valence-electron chi connectivity index (χ0n) is 11.9. The monoisotopic (exact) mass is 301 g/mol. The second-order valence-corrected chi connectivity index (χ2v) is 5.44. The summed E-state index contributed by atoms with van der Waals surface area (Å²) in [6.45, 7) is 4.83. The number of ether oxygens (including phenoxy) is 1. The lowest BCUT2D eigenvalue weighted by molar-refractivity contribution is -0.139. The fraction of sp³-hybridized carbons (Fsp3) is 0.429. The molecule has 1 aromatic rings. The van der Waals surface area contributed by atoms with E-state index in [0.29, 0.717) is 0 Å². The van der Waals surface area contributed by atoms with Crippen molar-refractivity contribution in [3.63, 3.8) is 0 Å². The maximum atomic E-state index is 13.5. The molecule has 0 spiro atoms. The van der Waals surface area contributed by atoms with Crippen molar-refractivity contribution in [2.75, 3.05) is 0 Å². The number of amides is 1. The van der Waals surface area contributed by atoms with Crippen LogP contribution in [0.3, 0.4) is 0 Å². The number of carbonyl (C=O) groups is 2. The first-order valence-electron chi connectivity index (χ1n) is 6.25. The molecule has 2 N–H and O–H groups in total. The minimum atomic E-state index is -1.49. The number of hydrogen-bond donors (Lipinski definition) is 2. The first-order valence-corrected chi connectivity index (χ1v) is 6.25. The van der Waals surface area contributed by atoms with Gasteiger partial charge >= 0.3 is 12.1 Å². The average molecular weight is 301 g/mol. The number of nitrogens with one attached hydrogen (secondary N) is 1. The van der Waals surface area contributed by atoms with Gasteiger partial charge in [0.2, 0.25) is 0 Å². The summed E-state index contributed by atoms with van der Waals surface area (Å²) >= 11 is 0. The van der Waals surface area contributed by atoms with E-state index in [4.69, 9.17) is 9.84 Å². The second-order valence-electron chi connectivity index (χ2n) is 5.44. The van der Waals surface area contributed by atoms with E-state index in [-0.39, 0.29) is 0 Å². The van der Waals surface area contributed by atoms with Crippen molar-refractivity contribution < 1.29 is 28.2 Å². The summed E-state index contributed by atoms with van der Waals surface area (Å²) in [5.74, 6) is -3.15. The fourth-order valence-corrected chi connectivity index (χ4v) is 1.58. The molecule has 0 aliphatic heterocycles. The van der Waals surface area contributed by atoms with Crippen molar-refractivity contribution in [3.8, 4) is 0 Å². The lowest BCUT2D eigenvalue weighted by Crippen LogP contribution is -2.45. The predicted molar refractivity (Wildman–Crippen MR) is 70.9 cm³/mol. The van der Waals surface area contributed by atoms with Gasteiger partial charge in [-0.3, -0.25) is 0 Å². The van der Waals surface area contributed by atoms with E-state index >= 15 is 0 Å². The van der Waals surface area contributed by atoms with Crippen molar-refractivity contribution in [1.82, 2.24) is 5.32 Å². The number of benzene rings is 1. The second kappa shape index (κ2) is 6.51. The molecule has 1 aromatic carbocycles. The highest BCUT2D eigenvalue weighted by atomic mass is 19.1. The van der Waals surface area contributed by atoms with Crippen LogP contribution in [0.15, 0.2) is 18.2 Å². The number of alkyl carbamates (subject to hydrolysis) is 1. The Morgan fingerprint density at radius 1 is 1.29 bits per heavy atom. The minimum Gasteiger partial charge on any atom is -0.480 e. The minimum absolute atomic E-state index is 0.402. The molecule has 0 aromatic heterocycles. The molecule has 1 atom stereocenters. The molecule has 0 bridgehead atoms. The number of carboxylic acid groups (broad SMARTS) is 1. The van der Waals surface area contributed by atoms with Crippen LogP contribution < -0.4 is 5.32 Å². The summed E-state index contributed by atoms with van der Waals surface area (Å²) < 4.78 is 31.9. The molecule has 116 valence electrons. The van der Waals surface area contributed by atoms with Gasteiger partial charge in [0.1, 0.15) is 23.3 Å². The van der Waals surface area contributed by atoms with E-state index in [1.165, 1.54) is 6.07 Å². The zero-order chi connectivity index (χ0) is 16.2. The van der Waals surface area contributed by atoms with E-state index in [0.717, 1.165) is 12.1 Å². The summed E-state index contributed by atoms with van der Waals surface area (Å²) in [7, 11) is 0. The Labute approximate surface area is 120 Å². The van der Waals surface area contributed by atoms with E-state index < -0.39 is 47.3 Å². The molecular weight excluding hydrogens is 284 g/mol. The summed E-state index contributed by atoms with van der Waals surface area (Å²) in [4.78, 5) is 22.7. The third-order valence-corrected chi connectivity index (χ3v) is 2.46. The molecule has 0 radical (unpaired) electrons. The van der Waals surface area contributed by atoms with Gasteiger partial charge in [-0.15, -0.1) is 0 Å². The molecule has 0 heterocycles. The molecule has 1 rings (SSSR count). The van der Waals surface area contributed by atoms with Gasteiger partial charge in [0.25, 0.3) is 0 Å². The summed E-state index contributed by atoms with van der Waals surface area (Å²) in [5.41, 5.74) is -1.21. The number of halogens is 2. The van der Waals surface area contributed by atoms with Crippen molar-refractivity contribution in [1.29, 1.82) is 0 Å². The van der Waals surface area contributed by atoms with Crippen LogP contribution in [0.5, 0.6) is 0 Å². The molecule has 5 nitrogen and oxygen atoms in total. The van der Waals surface area contributed by atoms with Gasteiger partial charge in [-0.25, -0.2) is 18.4 Å². The maximum absolute atomic E-state index is 13.5. The van der Waals surface area contributed by atoms with E-state index in [9.17, 15) is 18.4 Å². The van der Waals surface area contributed by atoms with Gasteiger partial charge < -0.3 is 15.2 Å². The van der Waals surface area contributed by atoms with Crippen LogP contribution in [-0.2, 0) is 16.0 Å². The van der Waals surface area contributed by atoms with Crippen LogP contribution in [-0.4, -0.2) is 28.8 Å². The van der Waals surface area contributed by atoms with Crippen LogP contribution >= 0.6 is 0 Å². The molecule has 0 aliphatic carbocycles. The normalized spacial score (nSPS) is 12.6. The number of carboxylic acids is 1. The largest absolute Gasteiger partial charge is 0.480 e. The van der Waals surface area contributed by atoms with Crippen molar-refractivity contribution in [2.45, 2.75) is 38.8 Å². The Morgan fingerprint density at radius 2 is 1.81 bits per heavy atom. The standard InChI is InChI=1S/C14H17F2NO4/c1-14(2,3)21-13(20)17-11(12(18)19)7-8-9(15)5-4-6-10(8)16/h4-6,11H,7H2,1-3H3,(H,17,20)(H,18,19)/t11-/m0/s1. The lowest BCUT2D eigenvalue weighted by atomic mass is 10.0. The van der Waals surface area contributed by atoms with Gasteiger partial charge in [-0.2, -0.15) is 0 Å². The third-order valence-electron chi connectivity index (χ3n) is 2.46. The first-order chi connectivity index (χ1) is 9.60. The number of hydrogen-bond acceptors (Lipinski definition) is 3. The fourth-order valence-electron chi connectivity index (χ4n) is 1.58. The Morgan fingerprint density at radius 3 is 2.24 bits per heavy atom. The number of carbonyl (C=O) groups excluding carboxylic acids is 1. The average Bonchev–Trinajstić information content (AvgIpc) is 2.29. The highest BCUT2D eigenvalue weighted by molar-refractivity contribution is 5.80. The van der Waals surface area contributed by atoms with Crippen LogP contribution in [0.25, 0.3) is 0 Å². The zero-order valence-corrected chi connectivity index (χ0v) is 11.9. The Balaban J connectivity index is 2.84. The van der Waals surface area contributed by atoms with Crippen molar-refractivity contribution in [2.24, 2.45) is 0 Å². The van der Waals surface area contributed by atoms with Crippen LogP contribution in [0, 0.1) is 11.6 Å². The molecule has 0 aliphatic rings. The molecule has 0 fully saturated rings. The van der Waals surface area contributed by atoms with Gasteiger partial charge in [0, 0.05) is 12.0 Å². The molecule has 0 saturated carbocycles. The molecular formula is C14H17F2NO4. The summed E-state index contributed by atoms with van der Waals surface area (Å²) in [6, 6.07) is 1.71. The Kier molecular flexibility index (Phi) is 5.23. The Bertz CT molecular complexity index is 520. The van der Waals surface area contributed by atoms with Crippen molar-refractivity contribution >= 4 is 12.1 Å². The maximum Gasteiger partial charge on any atom is 0.408 e. The van der Waals surface area contributed by atoms with E-state index in [2.05, 4.69) is 5.32 Å². The van der Waals surface area contributed by atoms with Crippen molar-refractivity contribution in [3.05, 3.63) is 35.4 Å². The summed E-state index contributed by atoms with van der Waals surface area (Å²) in [5, 5.41) is 11.1. The van der Waals surface area contributed by atoms with E-state index in [1.807, 2.05) is 0 Å². The third kappa shape index (κ3) is 5.37. The lowest BCUT2D eigenvalue weighted by Gasteiger charge is -2.22. The number of aliphatic carboxylic acids is 1. The predicted octanol–water partition coefficient (Wildman–Crippen LogP) is 2.49. The quantitative estimate of drug-likeness (QED) is 0.896. The van der Waals surface area contributed by atoms with Gasteiger partial charge in [-0.1, -0.05) is 6.07 Å². The first kappa shape index (κ1) is 16.9. The van der Waals surface area contributed by atoms with E-state index in [1.54, 1.807) is 20.8 Å². The molecule has 0 unspecified atom stereocenters.